The normalized spacial score (nSPS) is 14.2. The van der Waals surface area contributed by atoms with E-state index in [1.54, 1.807) is 0 Å². The predicted octanol–water partition coefficient (Wildman–Crippen LogP) is -4.60. The second-order valence-corrected chi connectivity index (χ2v) is 15.3. The van der Waals surface area contributed by atoms with E-state index in [9.17, 15) is 80.1 Å². The minimum absolute atomic E-state index is 0.0300. The molecule has 15 N–H and O–H groups in total. The molecule has 0 fully saturated rings. The van der Waals surface area contributed by atoms with E-state index in [0.717, 1.165) is 4.90 Å². The predicted molar refractivity (Wildman–Crippen MR) is 227 cm³/mol. The van der Waals surface area contributed by atoms with E-state index >= 15 is 0 Å². The Morgan fingerprint density at radius 3 is 1.02 bits per heavy atom. The van der Waals surface area contributed by atoms with Crippen LogP contribution in [0, 0.1) is 41.5 Å². The molecule has 2 aromatic rings. The summed E-state index contributed by atoms with van der Waals surface area (Å²) in [5.41, 5.74) is 1.10. The zero-order chi connectivity index (χ0) is 47.9. The summed E-state index contributed by atoms with van der Waals surface area (Å²) < 4.78 is 0. The molecule has 0 spiro atoms. The molecule has 0 heterocycles. The number of carbonyl (C=O) groups excluding carboxylic acids is 5. The fourth-order valence-corrected chi connectivity index (χ4v) is 7.48. The summed E-state index contributed by atoms with van der Waals surface area (Å²) in [7, 11) is 0. The first-order chi connectivity index (χ1) is 29.6. The number of hydrogen-bond donors (Lipinski definition) is 15. The molecule has 0 radical (unpaired) electrons. The molecule has 0 bridgehead atoms. The van der Waals surface area contributed by atoms with Gasteiger partial charge in [-0.05, 0) is 74.9 Å². The van der Waals surface area contributed by atoms with Gasteiger partial charge in [-0.3, -0.25) is 24.0 Å². The maximum absolute atomic E-state index is 13.5. The van der Waals surface area contributed by atoms with Crippen molar-refractivity contribution in [3.8, 4) is 0 Å². The lowest BCUT2D eigenvalue weighted by Crippen LogP contribution is -2.41. The standard InChI is InChI=1S/C41H64N6O16/c1-20-32(38(60)42-8-28(56)14-48)22(3)36(23(4)33(20)39(61)43-9-29(57)15-49)46(18-52)12-26(54)7-27(55)13-47(19-53)37-24(5)34(40(62)44-10-30(58)16-50)21(2)35(25(37)6)41(63)45-11-31(59)17-51/h18,26-31,48-51,53-59H,7-17,19H2,1-6H3,(H,42,60)(H,43,61)(H,44,62)(H,45,63). The Labute approximate surface area is 364 Å². The van der Waals surface area contributed by atoms with Crippen molar-refractivity contribution in [3.63, 3.8) is 0 Å². The highest BCUT2D eigenvalue weighted by Gasteiger charge is 2.31. The van der Waals surface area contributed by atoms with E-state index in [1.165, 1.54) is 46.4 Å². The number of benzene rings is 2. The molecule has 6 atom stereocenters. The first kappa shape index (κ1) is 54.3. The van der Waals surface area contributed by atoms with Gasteiger partial charge < -0.3 is 87.2 Å². The van der Waals surface area contributed by atoms with Crippen LogP contribution in [0.5, 0.6) is 0 Å². The molecule has 63 heavy (non-hydrogen) atoms. The molecule has 0 saturated heterocycles. The molecule has 0 aliphatic heterocycles. The lowest BCUT2D eigenvalue weighted by molar-refractivity contribution is -0.107. The Bertz CT molecular complexity index is 1810. The van der Waals surface area contributed by atoms with Crippen molar-refractivity contribution in [2.45, 2.75) is 84.6 Å². The highest BCUT2D eigenvalue weighted by molar-refractivity contribution is 6.08. The summed E-state index contributed by atoms with van der Waals surface area (Å²) in [5, 5.41) is 120. The van der Waals surface area contributed by atoms with E-state index < -0.39 is 113 Å². The van der Waals surface area contributed by atoms with Crippen molar-refractivity contribution < 1.29 is 80.1 Å². The molecule has 0 aliphatic rings. The van der Waals surface area contributed by atoms with E-state index in [4.69, 9.17) is 0 Å². The van der Waals surface area contributed by atoms with Gasteiger partial charge in [0.05, 0.1) is 75.3 Å². The van der Waals surface area contributed by atoms with E-state index in [-0.39, 0.29) is 93.2 Å². The van der Waals surface area contributed by atoms with E-state index in [0.29, 0.717) is 6.41 Å². The average molecular weight is 897 g/mol. The van der Waals surface area contributed by atoms with Crippen LogP contribution in [0.3, 0.4) is 0 Å². The van der Waals surface area contributed by atoms with Gasteiger partial charge in [-0.1, -0.05) is 0 Å². The lowest BCUT2D eigenvalue weighted by atomic mass is 9.89. The summed E-state index contributed by atoms with van der Waals surface area (Å²) >= 11 is 0. The van der Waals surface area contributed by atoms with Gasteiger partial charge in [-0.25, -0.2) is 0 Å². The molecule has 0 saturated carbocycles. The van der Waals surface area contributed by atoms with E-state index in [2.05, 4.69) is 21.3 Å². The van der Waals surface area contributed by atoms with Crippen LogP contribution in [0.25, 0.3) is 0 Å². The van der Waals surface area contributed by atoms with Crippen LogP contribution in [0.2, 0.25) is 0 Å². The summed E-state index contributed by atoms with van der Waals surface area (Å²) in [6, 6.07) is 0. The maximum atomic E-state index is 13.5. The van der Waals surface area contributed by atoms with Crippen LogP contribution < -0.4 is 31.1 Å². The number of hydrogen-bond acceptors (Lipinski definition) is 17. The third-order valence-electron chi connectivity index (χ3n) is 10.4. The Morgan fingerprint density at radius 1 is 0.460 bits per heavy atom. The van der Waals surface area contributed by atoms with Crippen LogP contribution in [0.1, 0.15) is 81.2 Å². The minimum Gasteiger partial charge on any atom is -0.394 e. The number of aliphatic hydroxyl groups excluding tert-OH is 11. The molecule has 354 valence electrons. The lowest BCUT2D eigenvalue weighted by Gasteiger charge is -2.32. The number of carbonyl (C=O) groups is 5. The summed E-state index contributed by atoms with van der Waals surface area (Å²) in [6.45, 7) is 3.21. The van der Waals surface area contributed by atoms with Gasteiger partial charge in [0, 0.05) is 67.1 Å². The Morgan fingerprint density at radius 2 is 0.746 bits per heavy atom. The molecule has 6 unspecified atom stereocenters. The Hall–Kier alpha value is -4.85. The van der Waals surface area contributed by atoms with Gasteiger partial charge in [-0.15, -0.1) is 0 Å². The zero-order valence-electron chi connectivity index (χ0n) is 36.4. The molecule has 2 aromatic carbocycles. The van der Waals surface area contributed by atoms with Gasteiger partial charge in [-0.2, -0.15) is 0 Å². The van der Waals surface area contributed by atoms with Crippen LogP contribution >= 0.6 is 0 Å². The van der Waals surface area contributed by atoms with Crippen LogP contribution in [0.15, 0.2) is 0 Å². The minimum atomic E-state index is -1.50. The Kier molecular flexibility index (Phi) is 21.9. The molecular formula is C41H64N6O16. The average Bonchev–Trinajstić information content (AvgIpc) is 3.24. The second kappa shape index (κ2) is 25.4. The summed E-state index contributed by atoms with van der Waals surface area (Å²) in [4.78, 5) is 69.1. The van der Waals surface area contributed by atoms with Crippen LogP contribution in [0.4, 0.5) is 11.4 Å². The fraction of sp³-hybridized carbons (Fsp3) is 0.585. The van der Waals surface area contributed by atoms with Crippen molar-refractivity contribution in [1.29, 1.82) is 0 Å². The van der Waals surface area contributed by atoms with Crippen molar-refractivity contribution >= 4 is 41.4 Å². The summed E-state index contributed by atoms with van der Waals surface area (Å²) in [5.74, 6) is -3.05. The van der Waals surface area contributed by atoms with E-state index in [1.807, 2.05) is 0 Å². The van der Waals surface area contributed by atoms with Crippen LogP contribution in [-0.2, 0) is 4.79 Å². The third kappa shape index (κ3) is 14.1. The molecule has 22 heteroatoms. The van der Waals surface area contributed by atoms with Crippen LogP contribution in [-0.4, -0.2) is 195 Å². The number of aliphatic hydroxyl groups is 11. The first-order valence-electron chi connectivity index (χ1n) is 20.1. The van der Waals surface area contributed by atoms with Crippen molar-refractivity contribution in [2.24, 2.45) is 0 Å². The number of amides is 5. The highest BCUT2D eigenvalue weighted by atomic mass is 16.3. The molecule has 0 aromatic heterocycles. The van der Waals surface area contributed by atoms with Crippen molar-refractivity contribution in [1.82, 2.24) is 21.3 Å². The summed E-state index contributed by atoms with van der Waals surface area (Å²) in [6.07, 6.45) is -8.29. The molecule has 5 amide bonds. The van der Waals surface area contributed by atoms with Gasteiger partial charge >= 0.3 is 0 Å². The first-order valence-corrected chi connectivity index (χ1v) is 20.1. The monoisotopic (exact) mass is 896 g/mol. The number of nitrogens with one attached hydrogen (secondary N) is 4. The van der Waals surface area contributed by atoms with Gasteiger partial charge in [0.1, 0.15) is 6.73 Å². The second-order valence-electron chi connectivity index (χ2n) is 15.3. The molecule has 22 nitrogen and oxygen atoms in total. The smallest absolute Gasteiger partial charge is 0.252 e. The van der Waals surface area contributed by atoms with Gasteiger partial charge in [0.2, 0.25) is 6.41 Å². The van der Waals surface area contributed by atoms with Crippen molar-refractivity contribution in [2.75, 3.05) is 82.2 Å². The SMILES string of the molecule is Cc1c(C(=O)NCC(O)CO)c(C)c(N(C=O)CC(O)CC(O)CN(CO)c2c(C)c(C(=O)NCC(O)CO)c(C)c(C(=O)NCC(O)CO)c2C)c(C)c1C(=O)NCC(O)CO. The molecule has 0 aliphatic carbocycles. The number of rotatable bonds is 26. The zero-order valence-corrected chi connectivity index (χ0v) is 36.4. The quantitative estimate of drug-likeness (QED) is 0.0312. The fourth-order valence-electron chi connectivity index (χ4n) is 7.48. The van der Waals surface area contributed by atoms with Crippen molar-refractivity contribution in [3.05, 3.63) is 55.6 Å². The highest BCUT2D eigenvalue weighted by Crippen LogP contribution is 2.36. The molecular weight excluding hydrogens is 832 g/mol. The van der Waals surface area contributed by atoms with Gasteiger partial charge in [0.25, 0.3) is 23.6 Å². The molecule has 2 rings (SSSR count). The topological polar surface area (TPSA) is 362 Å². The van der Waals surface area contributed by atoms with Gasteiger partial charge in [0.15, 0.2) is 0 Å². The number of anilines is 2. The Balaban J connectivity index is 2.59. The maximum Gasteiger partial charge on any atom is 0.252 e. The number of nitrogens with zero attached hydrogens (tertiary/aromatic N) is 2. The third-order valence-corrected chi connectivity index (χ3v) is 10.4. The largest absolute Gasteiger partial charge is 0.394 e.